The Kier molecular flexibility index (Phi) is 3.89. The normalized spacial score (nSPS) is 22.1. The first-order chi connectivity index (χ1) is 10.6. The zero-order chi connectivity index (χ0) is 15.7. The topological polar surface area (TPSA) is 72.6 Å². The van der Waals surface area contributed by atoms with Crippen LogP contribution in [0, 0.1) is 5.92 Å². The van der Waals surface area contributed by atoms with Crippen LogP contribution in [0.3, 0.4) is 0 Å². The summed E-state index contributed by atoms with van der Waals surface area (Å²) in [6.45, 7) is 0. The van der Waals surface area contributed by atoms with Crippen molar-refractivity contribution in [2.75, 3.05) is 12.0 Å². The molecule has 1 aromatic rings. The van der Waals surface area contributed by atoms with Gasteiger partial charge in [0.2, 0.25) is 5.91 Å². The monoisotopic (exact) mass is 318 g/mol. The lowest BCUT2D eigenvalue weighted by molar-refractivity contribution is -0.469. The van der Waals surface area contributed by atoms with Crippen molar-refractivity contribution >= 4 is 41.0 Å². The third-order valence-electron chi connectivity index (χ3n) is 3.60. The Labute approximate surface area is 133 Å². The molecule has 0 bridgehead atoms. The maximum atomic E-state index is 12.7. The lowest BCUT2D eigenvalue weighted by atomic mass is 10.1. The molecule has 114 valence electrons. The van der Waals surface area contributed by atoms with Crippen LogP contribution < -0.4 is 19.9 Å². The van der Waals surface area contributed by atoms with E-state index in [1.54, 1.807) is 30.5 Å². The summed E-state index contributed by atoms with van der Waals surface area (Å²) in [6, 6.07) is 7.42. The molecule has 0 spiro atoms. The fraction of sp³-hybridized carbons (Fsp3) is 0.333. The molecule has 22 heavy (non-hydrogen) atoms. The molecule has 1 aliphatic heterocycles. The Morgan fingerprint density at radius 1 is 1.36 bits per heavy atom. The largest absolute Gasteiger partial charge is 0.495 e. The molecule has 2 fully saturated rings. The zero-order valence-electron chi connectivity index (χ0n) is 12.0. The number of ether oxygens (including phenoxy) is 1. The van der Waals surface area contributed by atoms with Crippen LogP contribution >= 0.6 is 12.2 Å². The quantitative estimate of drug-likeness (QED) is 0.441. The average molecular weight is 318 g/mol. The van der Waals surface area contributed by atoms with E-state index in [9.17, 15) is 9.59 Å². The van der Waals surface area contributed by atoms with Crippen LogP contribution in [0.25, 0.3) is 0 Å². The van der Waals surface area contributed by atoms with Crippen LogP contribution in [0.5, 0.6) is 5.75 Å². The lowest BCUT2D eigenvalue weighted by Gasteiger charge is -2.30. The number of hydrogen-bond donors (Lipinski definition) is 2. The molecule has 0 unspecified atom stereocenters. The third-order valence-corrected chi connectivity index (χ3v) is 3.89. The first kappa shape index (κ1) is 14.6. The van der Waals surface area contributed by atoms with Crippen molar-refractivity contribution in [2.45, 2.75) is 18.9 Å². The predicted octanol–water partition coefficient (Wildman–Crippen LogP) is -0.627. The van der Waals surface area contributed by atoms with Gasteiger partial charge in [-0.3, -0.25) is 14.5 Å². The van der Waals surface area contributed by atoms with Crippen molar-refractivity contribution in [1.82, 2.24) is 5.32 Å². The molecule has 7 heteroatoms. The van der Waals surface area contributed by atoms with Crippen molar-refractivity contribution in [3.63, 3.8) is 0 Å². The molecule has 6 nitrogen and oxygen atoms in total. The first-order valence-corrected chi connectivity index (χ1v) is 7.44. The maximum Gasteiger partial charge on any atom is 0.256 e. The number of amides is 2. The third kappa shape index (κ3) is 2.71. The summed E-state index contributed by atoms with van der Waals surface area (Å²) >= 11 is 5.16. The minimum absolute atomic E-state index is 0.0653. The highest BCUT2D eigenvalue weighted by Gasteiger charge is 2.41. The fourth-order valence-corrected chi connectivity index (χ4v) is 2.55. The summed E-state index contributed by atoms with van der Waals surface area (Å²) < 4.78 is 5.27. The van der Waals surface area contributed by atoms with Gasteiger partial charge in [0, 0.05) is 12.8 Å². The summed E-state index contributed by atoms with van der Waals surface area (Å²) in [5.74, 6) is -1.18. The number of nitrogens with zero attached hydrogens (tertiary/aromatic N) is 1. The summed E-state index contributed by atoms with van der Waals surface area (Å²) in [5.41, 5.74) is 0.518. The SMILES string of the molecule is COc1ccccc1N1C(=O)[C@@H](C=[NH+]C2CC2)C(=O)NC1=S. The van der Waals surface area contributed by atoms with Gasteiger partial charge in [0.05, 0.1) is 12.8 Å². The van der Waals surface area contributed by atoms with E-state index in [4.69, 9.17) is 17.0 Å². The molecule has 2 amide bonds. The number of nitrogens with one attached hydrogen (secondary N) is 2. The van der Waals surface area contributed by atoms with Gasteiger partial charge in [0.1, 0.15) is 5.75 Å². The fourth-order valence-electron chi connectivity index (χ4n) is 2.26. The summed E-state index contributed by atoms with van der Waals surface area (Å²) in [6.07, 6.45) is 3.68. The van der Waals surface area contributed by atoms with Crippen molar-refractivity contribution in [3.8, 4) is 5.75 Å². The molecule has 1 atom stereocenters. The van der Waals surface area contributed by atoms with E-state index in [2.05, 4.69) is 10.3 Å². The minimum Gasteiger partial charge on any atom is -0.495 e. The first-order valence-electron chi connectivity index (χ1n) is 7.03. The van der Waals surface area contributed by atoms with E-state index >= 15 is 0 Å². The van der Waals surface area contributed by atoms with Gasteiger partial charge in [-0.2, -0.15) is 0 Å². The highest BCUT2D eigenvalue weighted by Crippen LogP contribution is 2.30. The van der Waals surface area contributed by atoms with Gasteiger partial charge in [-0.25, -0.2) is 4.99 Å². The van der Waals surface area contributed by atoms with Crippen LogP contribution in [0.2, 0.25) is 0 Å². The molecule has 1 aromatic carbocycles. The van der Waals surface area contributed by atoms with Gasteiger partial charge < -0.3 is 10.1 Å². The second-order valence-corrected chi connectivity index (χ2v) is 5.61. The van der Waals surface area contributed by atoms with Crippen molar-refractivity contribution < 1.29 is 19.3 Å². The molecule has 2 N–H and O–H groups in total. The van der Waals surface area contributed by atoms with Crippen LogP contribution in [-0.4, -0.2) is 36.3 Å². The second-order valence-electron chi connectivity index (χ2n) is 5.23. The van der Waals surface area contributed by atoms with E-state index < -0.39 is 11.8 Å². The van der Waals surface area contributed by atoms with Gasteiger partial charge in [0.25, 0.3) is 5.91 Å². The van der Waals surface area contributed by atoms with E-state index in [1.807, 2.05) is 0 Å². The number of para-hydroxylation sites is 2. The van der Waals surface area contributed by atoms with Crippen molar-refractivity contribution in [3.05, 3.63) is 24.3 Å². The average Bonchev–Trinajstić information content (AvgIpc) is 3.31. The van der Waals surface area contributed by atoms with Crippen LogP contribution in [-0.2, 0) is 9.59 Å². The van der Waals surface area contributed by atoms with Crippen molar-refractivity contribution in [2.24, 2.45) is 5.92 Å². The Bertz CT molecular complexity index is 670. The Morgan fingerprint density at radius 3 is 2.77 bits per heavy atom. The number of anilines is 1. The molecule has 3 rings (SSSR count). The molecule has 1 heterocycles. The molecule has 2 aliphatic rings. The maximum absolute atomic E-state index is 12.7. The minimum atomic E-state index is -0.905. The Morgan fingerprint density at radius 2 is 2.09 bits per heavy atom. The Hall–Kier alpha value is -2.28. The molecule has 1 saturated heterocycles. The number of thiocarbonyl (C=S) groups is 1. The zero-order valence-corrected chi connectivity index (χ0v) is 12.9. The van der Waals surface area contributed by atoms with Crippen LogP contribution in [0.1, 0.15) is 12.8 Å². The summed E-state index contributed by atoms with van der Waals surface area (Å²) in [5, 5.41) is 2.64. The predicted molar refractivity (Wildman–Crippen MR) is 84.8 cm³/mol. The van der Waals surface area contributed by atoms with E-state index in [0.29, 0.717) is 17.5 Å². The van der Waals surface area contributed by atoms with Crippen molar-refractivity contribution in [1.29, 1.82) is 0 Å². The lowest BCUT2D eigenvalue weighted by Crippen LogP contribution is -2.74. The number of rotatable bonds is 4. The van der Waals surface area contributed by atoms with Crippen LogP contribution in [0.15, 0.2) is 24.3 Å². The molecule has 0 radical (unpaired) electrons. The number of carbonyl (C=O) groups excluding carboxylic acids is 2. The van der Waals surface area contributed by atoms with E-state index in [1.165, 1.54) is 12.0 Å². The molecule has 1 aliphatic carbocycles. The van der Waals surface area contributed by atoms with Gasteiger partial charge in [-0.1, -0.05) is 12.1 Å². The highest BCUT2D eigenvalue weighted by molar-refractivity contribution is 7.80. The van der Waals surface area contributed by atoms with Gasteiger partial charge in [-0.15, -0.1) is 0 Å². The Balaban J connectivity index is 1.93. The highest BCUT2D eigenvalue weighted by atomic mass is 32.1. The second kappa shape index (κ2) is 5.84. The molecular weight excluding hydrogens is 302 g/mol. The summed E-state index contributed by atoms with van der Waals surface area (Å²) in [4.78, 5) is 29.1. The van der Waals surface area contributed by atoms with Gasteiger partial charge in [0.15, 0.2) is 23.3 Å². The molecule has 1 saturated carbocycles. The van der Waals surface area contributed by atoms with Gasteiger partial charge >= 0.3 is 0 Å². The van der Waals surface area contributed by atoms with E-state index in [-0.39, 0.29) is 11.0 Å². The molecular formula is C15H16N3O3S+. The van der Waals surface area contributed by atoms with E-state index in [0.717, 1.165) is 12.8 Å². The number of benzene rings is 1. The van der Waals surface area contributed by atoms with Crippen LogP contribution in [0.4, 0.5) is 5.69 Å². The smallest absolute Gasteiger partial charge is 0.256 e. The molecule has 0 aromatic heterocycles. The number of hydrogen-bond acceptors (Lipinski definition) is 4. The standard InChI is InChI=1S/C15H15N3O3S/c1-21-12-5-3-2-4-11(12)18-14(20)10(8-16-9-6-7-9)13(19)17-15(18)22/h2-5,8-10H,6-7H2,1H3,(H,17,19,22)/p+1/t10-/m0/s1. The number of carbonyl (C=O) groups is 2. The van der Waals surface area contributed by atoms with Gasteiger partial charge in [-0.05, 0) is 24.4 Å². The number of methoxy groups -OCH3 is 1. The summed E-state index contributed by atoms with van der Waals surface area (Å²) in [7, 11) is 1.52.